The van der Waals surface area contributed by atoms with Crippen LogP contribution in [0.15, 0.2) is 6.07 Å². The van der Waals surface area contributed by atoms with E-state index in [2.05, 4.69) is 4.98 Å². The Bertz CT molecular complexity index is 319. The predicted octanol–water partition coefficient (Wildman–Crippen LogP) is 1.15. The Hall–Kier alpha value is -1.36. The molecule has 0 saturated carbocycles. The maximum absolute atomic E-state index is 12.7. The van der Waals surface area contributed by atoms with Gasteiger partial charge in [0.1, 0.15) is 0 Å². The van der Waals surface area contributed by atoms with Crippen LogP contribution in [0.2, 0.25) is 5.15 Å². The first-order valence-electron chi connectivity index (χ1n) is 2.87. The van der Waals surface area contributed by atoms with E-state index in [-0.39, 0.29) is 11.4 Å². The zero-order valence-electron chi connectivity index (χ0n) is 5.71. The molecule has 12 heavy (non-hydrogen) atoms. The zero-order valence-corrected chi connectivity index (χ0v) is 6.47. The summed E-state index contributed by atoms with van der Waals surface area (Å²) < 4.78 is 12.7. The van der Waals surface area contributed by atoms with Gasteiger partial charge in [-0.05, 0) is 6.07 Å². The minimum atomic E-state index is -1.30. The van der Waals surface area contributed by atoms with Gasteiger partial charge in [-0.3, -0.25) is 0 Å². The molecule has 0 fully saturated rings. The number of carboxylic acid groups (broad SMARTS) is 1. The van der Waals surface area contributed by atoms with Gasteiger partial charge in [-0.15, -0.1) is 0 Å². The number of halogens is 2. The van der Waals surface area contributed by atoms with E-state index < -0.39 is 16.9 Å². The van der Waals surface area contributed by atoms with E-state index in [0.29, 0.717) is 0 Å². The van der Waals surface area contributed by atoms with E-state index in [1.165, 1.54) is 0 Å². The van der Waals surface area contributed by atoms with Crippen molar-refractivity contribution in [3.05, 3.63) is 22.7 Å². The summed E-state index contributed by atoms with van der Waals surface area (Å²) in [7, 11) is 0. The second kappa shape index (κ2) is 2.94. The van der Waals surface area contributed by atoms with Gasteiger partial charge in [0.25, 0.3) is 0 Å². The number of hydrogen-bond acceptors (Lipinski definition) is 3. The van der Waals surface area contributed by atoms with Crippen molar-refractivity contribution < 1.29 is 14.3 Å². The number of aromatic carboxylic acids is 1. The second-order valence-corrected chi connectivity index (χ2v) is 2.36. The Morgan fingerprint density at radius 3 is 2.75 bits per heavy atom. The molecule has 0 atom stereocenters. The molecule has 6 heteroatoms. The third-order valence-corrected chi connectivity index (χ3v) is 1.41. The summed E-state index contributed by atoms with van der Waals surface area (Å²) in [5.74, 6) is -2.20. The van der Waals surface area contributed by atoms with Crippen molar-refractivity contribution in [3.63, 3.8) is 0 Å². The number of nitrogens with zero attached hydrogens (tertiary/aromatic N) is 1. The summed E-state index contributed by atoms with van der Waals surface area (Å²) in [5, 5.41) is 7.89. The molecule has 0 unspecified atom stereocenters. The molecule has 3 N–H and O–H groups in total. The number of carboxylic acids is 1. The van der Waals surface area contributed by atoms with Crippen molar-refractivity contribution in [2.75, 3.05) is 5.73 Å². The van der Waals surface area contributed by atoms with Gasteiger partial charge in [0.2, 0.25) is 0 Å². The fourth-order valence-electron chi connectivity index (χ4n) is 0.626. The number of nitrogen functional groups attached to an aromatic ring is 1. The lowest BCUT2D eigenvalue weighted by Gasteiger charge is -1.99. The molecule has 0 amide bonds. The maximum Gasteiger partial charge on any atom is 0.354 e. The number of nitrogens with two attached hydrogens (primary N) is 1. The molecule has 0 aliphatic carbocycles. The fourth-order valence-corrected chi connectivity index (χ4v) is 0.827. The summed E-state index contributed by atoms with van der Waals surface area (Å²) in [6, 6.07) is 0.906. The highest BCUT2D eigenvalue weighted by atomic mass is 35.5. The largest absolute Gasteiger partial charge is 0.477 e. The monoisotopic (exact) mass is 190 g/mol. The number of carbonyl (C=O) groups is 1. The average Bonchev–Trinajstić information content (AvgIpc) is 1.99. The molecule has 0 spiro atoms. The van der Waals surface area contributed by atoms with Gasteiger partial charge >= 0.3 is 5.97 Å². The summed E-state index contributed by atoms with van der Waals surface area (Å²) in [5.41, 5.74) is 4.39. The van der Waals surface area contributed by atoms with Gasteiger partial charge in [-0.1, -0.05) is 11.6 Å². The Balaban J connectivity index is 3.31. The number of anilines is 1. The smallest absolute Gasteiger partial charge is 0.354 e. The van der Waals surface area contributed by atoms with Crippen LogP contribution in [0.5, 0.6) is 0 Å². The van der Waals surface area contributed by atoms with Crippen LogP contribution in [-0.2, 0) is 0 Å². The molecular weight excluding hydrogens is 187 g/mol. The quantitative estimate of drug-likeness (QED) is 0.652. The molecule has 1 aromatic rings. The average molecular weight is 191 g/mol. The number of rotatable bonds is 1. The lowest BCUT2D eigenvalue weighted by molar-refractivity contribution is 0.0690. The van der Waals surface area contributed by atoms with Crippen molar-refractivity contribution in [1.82, 2.24) is 4.98 Å². The predicted molar refractivity (Wildman–Crippen MR) is 40.6 cm³/mol. The molecule has 1 aromatic heterocycles. The van der Waals surface area contributed by atoms with Gasteiger partial charge in [0, 0.05) is 0 Å². The summed E-state index contributed by atoms with van der Waals surface area (Å²) in [4.78, 5) is 13.6. The number of hydrogen-bond donors (Lipinski definition) is 2. The first kappa shape index (κ1) is 8.73. The SMILES string of the molecule is Nc1cc(C(=O)O)nc(Cl)c1F. The molecule has 0 radical (unpaired) electrons. The molecule has 1 heterocycles. The van der Waals surface area contributed by atoms with Crippen LogP contribution in [0, 0.1) is 5.82 Å². The molecule has 0 bridgehead atoms. The van der Waals surface area contributed by atoms with Crippen molar-refractivity contribution in [2.24, 2.45) is 0 Å². The first-order valence-corrected chi connectivity index (χ1v) is 3.25. The third-order valence-electron chi connectivity index (χ3n) is 1.16. The summed E-state index contributed by atoms with van der Waals surface area (Å²) in [6.07, 6.45) is 0. The van der Waals surface area contributed by atoms with E-state index in [9.17, 15) is 9.18 Å². The Morgan fingerprint density at radius 1 is 1.75 bits per heavy atom. The van der Waals surface area contributed by atoms with Crippen LogP contribution in [0.3, 0.4) is 0 Å². The highest BCUT2D eigenvalue weighted by molar-refractivity contribution is 6.30. The molecule has 64 valence electrons. The van der Waals surface area contributed by atoms with Crippen molar-refractivity contribution in [3.8, 4) is 0 Å². The van der Waals surface area contributed by atoms with Crippen molar-refractivity contribution in [2.45, 2.75) is 0 Å². The fraction of sp³-hybridized carbons (Fsp3) is 0. The second-order valence-electron chi connectivity index (χ2n) is 2.01. The lowest BCUT2D eigenvalue weighted by atomic mass is 10.3. The molecule has 0 aromatic carbocycles. The van der Waals surface area contributed by atoms with Crippen LogP contribution in [0.4, 0.5) is 10.1 Å². The number of aromatic nitrogens is 1. The maximum atomic E-state index is 12.7. The topological polar surface area (TPSA) is 76.2 Å². The van der Waals surface area contributed by atoms with E-state index in [0.717, 1.165) is 6.07 Å². The highest BCUT2D eigenvalue weighted by Crippen LogP contribution is 2.18. The van der Waals surface area contributed by atoms with Gasteiger partial charge in [0.15, 0.2) is 16.7 Å². The van der Waals surface area contributed by atoms with Crippen LogP contribution in [0.1, 0.15) is 10.5 Å². The molecule has 4 nitrogen and oxygen atoms in total. The third kappa shape index (κ3) is 1.45. The zero-order chi connectivity index (χ0) is 9.30. The number of pyridine rings is 1. The lowest BCUT2D eigenvalue weighted by Crippen LogP contribution is -2.04. The Morgan fingerprint density at radius 2 is 2.33 bits per heavy atom. The van der Waals surface area contributed by atoms with Gasteiger partial charge in [-0.2, -0.15) is 0 Å². The highest BCUT2D eigenvalue weighted by Gasteiger charge is 2.12. The molecular formula is C6H4ClFN2O2. The minimum absolute atomic E-state index is 0.326. The van der Waals surface area contributed by atoms with Crippen molar-refractivity contribution >= 4 is 23.3 Å². The van der Waals surface area contributed by atoms with E-state index in [1.807, 2.05) is 0 Å². The first-order chi connectivity index (χ1) is 5.52. The Kier molecular flexibility index (Phi) is 2.14. The Labute approximate surface area is 71.8 Å². The van der Waals surface area contributed by atoms with Gasteiger partial charge in [0.05, 0.1) is 5.69 Å². The summed E-state index contributed by atoms with van der Waals surface area (Å²) >= 11 is 5.23. The molecule has 1 rings (SSSR count). The molecule has 0 aliphatic heterocycles. The van der Waals surface area contributed by atoms with E-state index >= 15 is 0 Å². The normalized spacial score (nSPS) is 9.83. The van der Waals surface area contributed by atoms with Crippen LogP contribution < -0.4 is 5.73 Å². The molecule has 0 aliphatic rings. The van der Waals surface area contributed by atoms with Gasteiger partial charge < -0.3 is 10.8 Å². The summed E-state index contributed by atoms with van der Waals surface area (Å²) in [6.45, 7) is 0. The molecule has 0 saturated heterocycles. The van der Waals surface area contributed by atoms with Gasteiger partial charge in [-0.25, -0.2) is 14.2 Å². The van der Waals surface area contributed by atoms with Crippen LogP contribution in [-0.4, -0.2) is 16.1 Å². The van der Waals surface area contributed by atoms with E-state index in [1.54, 1.807) is 0 Å². The van der Waals surface area contributed by atoms with Crippen LogP contribution in [0.25, 0.3) is 0 Å². The van der Waals surface area contributed by atoms with E-state index in [4.69, 9.17) is 22.4 Å². The minimum Gasteiger partial charge on any atom is -0.477 e. The standard InChI is InChI=1S/C6H4ClFN2O2/c7-5-4(8)2(9)1-3(10-5)6(11)12/h1H,(H2,9,10)(H,11,12). The van der Waals surface area contributed by atoms with Crippen LogP contribution >= 0.6 is 11.6 Å². The van der Waals surface area contributed by atoms with Crippen molar-refractivity contribution in [1.29, 1.82) is 0 Å².